The second-order valence-electron chi connectivity index (χ2n) is 4.48. The Labute approximate surface area is 128 Å². The molecule has 0 aliphatic heterocycles. The summed E-state index contributed by atoms with van der Waals surface area (Å²) in [5.74, 6) is 0. The third-order valence-corrected chi connectivity index (χ3v) is 4.48. The van der Waals surface area contributed by atoms with Crippen LogP contribution in [0.2, 0.25) is 9.36 Å². The van der Waals surface area contributed by atoms with Gasteiger partial charge in [0.1, 0.15) is 0 Å². The average molecular weight is 314 g/mol. The molecule has 1 aromatic heterocycles. The number of benzene rings is 1. The Bertz CT molecular complexity index is 507. The monoisotopic (exact) mass is 313 g/mol. The predicted molar refractivity (Wildman–Crippen MR) is 85.3 cm³/mol. The summed E-state index contributed by atoms with van der Waals surface area (Å²) in [6, 6.07) is 12.5. The molecule has 19 heavy (non-hydrogen) atoms. The standard InChI is InChI=1S/C15H17Cl2NS/c1-2-3-14(11-4-6-12(16)7-5-11)18-10-13-8-9-15(17)19-13/h4-9,14,18H,2-3,10H2,1H3. The topological polar surface area (TPSA) is 12.0 Å². The third-order valence-electron chi connectivity index (χ3n) is 3.00. The van der Waals surface area contributed by atoms with Crippen molar-refractivity contribution in [2.75, 3.05) is 0 Å². The van der Waals surface area contributed by atoms with Gasteiger partial charge in [0.05, 0.1) is 4.34 Å². The average Bonchev–Trinajstić information content (AvgIpc) is 2.81. The van der Waals surface area contributed by atoms with Gasteiger partial charge in [-0.25, -0.2) is 0 Å². The largest absolute Gasteiger partial charge is 0.305 e. The van der Waals surface area contributed by atoms with Gasteiger partial charge in [0.2, 0.25) is 0 Å². The van der Waals surface area contributed by atoms with Gasteiger partial charge in [-0.05, 0) is 36.2 Å². The van der Waals surface area contributed by atoms with Crippen molar-refractivity contribution in [3.05, 3.63) is 56.2 Å². The van der Waals surface area contributed by atoms with Gasteiger partial charge in [-0.3, -0.25) is 0 Å². The zero-order valence-electron chi connectivity index (χ0n) is 10.8. The zero-order valence-corrected chi connectivity index (χ0v) is 13.2. The van der Waals surface area contributed by atoms with Crippen molar-refractivity contribution in [1.29, 1.82) is 0 Å². The predicted octanol–water partition coefficient (Wildman–Crippen LogP) is 5.69. The first-order chi connectivity index (χ1) is 9.19. The molecule has 0 amide bonds. The van der Waals surface area contributed by atoms with Crippen molar-refractivity contribution in [3.8, 4) is 0 Å². The normalized spacial score (nSPS) is 12.6. The van der Waals surface area contributed by atoms with Crippen molar-refractivity contribution in [2.24, 2.45) is 0 Å². The van der Waals surface area contributed by atoms with Gasteiger partial charge in [-0.2, -0.15) is 0 Å². The third kappa shape index (κ3) is 4.50. The SMILES string of the molecule is CCCC(NCc1ccc(Cl)s1)c1ccc(Cl)cc1. The molecule has 0 bridgehead atoms. The summed E-state index contributed by atoms with van der Waals surface area (Å²) in [6.07, 6.45) is 2.26. The Hall–Kier alpha value is -0.540. The van der Waals surface area contributed by atoms with Crippen LogP contribution in [0.1, 0.15) is 36.2 Å². The lowest BCUT2D eigenvalue weighted by Crippen LogP contribution is -2.20. The fourth-order valence-electron chi connectivity index (χ4n) is 2.04. The minimum Gasteiger partial charge on any atom is -0.305 e. The first kappa shape index (κ1) is 14.9. The molecule has 0 fully saturated rings. The zero-order chi connectivity index (χ0) is 13.7. The van der Waals surface area contributed by atoms with Gasteiger partial charge in [0, 0.05) is 22.5 Å². The molecular formula is C15H17Cl2NS. The van der Waals surface area contributed by atoms with Gasteiger partial charge in [-0.1, -0.05) is 48.7 Å². The van der Waals surface area contributed by atoms with E-state index >= 15 is 0 Å². The van der Waals surface area contributed by atoms with Gasteiger partial charge in [-0.15, -0.1) is 11.3 Å². The van der Waals surface area contributed by atoms with Gasteiger partial charge >= 0.3 is 0 Å². The minimum atomic E-state index is 0.364. The summed E-state index contributed by atoms with van der Waals surface area (Å²) in [4.78, 5) is 1.26. The highest BCUT2D eigenvalue weighted by atomic mass is 35.5. The lowest BCUT2D eigenvalue weighted by Gasteiger charge is -2.18. The van der Waals surface area contributed by atoms with E-state index in [4.69, 9.17) is 23.2 Å². The maximum atomic E-state index is 5.95. The van der Waals surface area contributed by atoms with E-state index in [1.165, 1.54) is 10.4 Å². The van der Waals surface area contributed by atoms with E-state index in [0.29, 0.717) is 6.04 Å². The van der Waals surface area contributed by atoms with Crippen molar-refractivity contribution < 1.29 is 0 Å². The summed E-state index contributed by atoms with van der Waals surface area (Å²) in [7, 11) is 0. The molecule has 0 saturated carbocycles. The van der Waals surface area contributed by atoms with Crippen LogP contribution in [0, 0.1) is 0 Å². The quantitative estimate of drug-likeness (QED) is 0.722. The van der Waals surface area contributed by atoms with Gasteiger partial charge in [0.15, 0.2) is 0 Å². The molecule has 0 radical (unpaired) electrons. The molecular weight excluding hydrogens is 297 g/mol. The van der Waals surface area contributed by atoms with Crippen LogP contribution in [0.15, 0.2) is 36.4 Å². The first-order valence-corrected chi connectivity index (χ1v) is 7.99. The Morgan fingerprint density at radius 3 is 2.42 bits per heavy atom. The first-order valence-electron chi connectivity index (χ1n) is 6.42. The van der Waals surface area contributed by atoms with Crippen LogP contribution in [0.3, 0.4) is 0 Å². The van der Waals surface area contributed by atoms with Crippen LogP contribution in [0.4, 0.5) is 0 Å². The van der Waals surface area contributed by atoms with E-state index in [-0.39, 0.29) is 0 Å². The van der Waals surface area contributed by atoms with Crippen LogP contribution in [0.25, 0.3) is 0 Å². The molecule has 0 aliphatic rings. The highest BCUT2D eigenvalue weighted by Crippen LogP contribution is 2.24. The lowest BCUT2D eigenvalue weighted by molar-refractivity contribution is 0.496. The molecule has 1 N–H and O–H groups in total. The molecule has 102 valence electrons. The number of hydrogen-bond donors (Lipinski definition) is 1. The van der Waals surface area contributed by atoms with E-state index in [2.05, 4.69) is 30.4 Å². The maximum Gasteiger partial charge on any atom is 0.0931 e. The smallest absolute Gasteiger partial charge is 0.0931 e. The fraction of sp³-hybridized carbons (Fsp3) is 0.333. The van der Waals surface area contributed by atoms with Crippen molar-refractivity contribution in [1.82, 2.24) is 5.32 Å². The molecule has 4 heteroatoms. The molecule has 0 spiro atoms. The van der Waals surface area contributed by atoms with Crippen LogP contribution in [0.5, 0.6) is 0 Å². The Balaban J connectivity index is 2.01. The van der Waals surface area contributed by atoms with E-state index in [1.54, 1.807) is 11.3 Å². The number of halogens is 2. The summed E-state index contributed by atoms with van der Waals surface area (Å²) in [5, 5.41) is 4.38. The number of thiophene rings is 1. The number of rotatable bonds is 6. The Kier molecular flexibility index (Phi) is 5.71. The second kappa shape index (κ2) is 7.30. The van der Waals surface area contributed by atoms with E-state index in [0.717, 1.165) is 28.7 Å². The summed E-state index contributed by atoms with van der Waals surface area (Å²) < 4.78 is 0.843. The molecule has 2 rings (SSSR count). The van der Waals surface area contributed by atoms with Gasteiger partial charge < -0.3 is 5.32 Å². The van der Waals surface area contributed by atoms with Crippen LogP contribution >= 0.6 is 34.5 Å². The van der Waals surface area contributed by atoms with E-state index < -0.39 is 0 Å². The van der Waals surface area contributed by atoms with Crippen LogP contribution < -0.4 is 5.32 Å². The summed E-state index contributed by atoms with van der Waals surface area (Å²) in [6.45, 7) is 3.05. The molecule has 0 aliphatic carbocycles. The molecule has 1 heterocycles. The van der Waals surface area contributed by atoms with Crippen LogP contribution in [-0.4, -0.2) is 0 Å². The van der Waals surface area contributed by atoms with E-state index in [9.17, 15) is 0 Å². The molecule has 1 nitrogen and oxygen atoms in total. The van der Waals surface area contributed by atoms with Gasteiger partial charge in [0.25, 0.3) is 0 Å². The molecule has 1 unspecified atom stereocenters. The lowest BCUT2D eigenvalue weighted by atomic mass is 10.0. The molecule has 1 aromatic carbocycles. The number of nitrogens with one attached hydrogen (secondary N) is 1. The second-order valence-corrected chi connectivity index (χ2v) is 6.72. The highest BCUT2D eigenvalue weighted by molar-refractivity contribution is 7.16. The van der Waals surface area contributed by atoms with Crippen LogP contribution in [-0.2, 0) is 6.54 Å². The fourth-order valence-corrected chi connectivity index (χ4v) is 3.21. The van der Waals surface area contributed by atoms with Crippen molar-refractivity contribution in [2.45, 2.75) is 32.4 Å². The molecule has 1 atom stereocenters. The highest BCUT2D eigenvalue weighted by Gasteiger charge is 2.10. The minimum absolute atomic E-state index is 0.364. The summed E-state index contributed by atoms with van der Waals surface area (Å²) >= 11 is 13.5. The molecule has 2 aromatic rings. The van der Waals surface area contributed by atoms with E-state index in [1.807, 2.05) is 18.2 Å². The number of hydrogen-bond acceptors (Lipinski definition) is 2. The van der Waals surface area contributed by atoms with Crippen molar-refractivity contribution in [3.63, 3.8) is 0 Å². The Morgan fingerprint density at radius 1 is 1.11 bits per heavy atom. The molecule has 0 saturated heterocycles. The van der Waals surface area contributed by atoms with Crippen molar-refractivity contribution >= 4 is 34.5 Å². The summed E-state index contributed by atoms with van der Waals surface area (Å²) in [5.41, 5.74) is 1.29. The maximum absolute atomic E-state index is 5.95. The Morgan fingerprint density at radius 2 is 1.84 bits per heavy atom.